The van der Waals surface area contributed by atoms with Crippen molar-refractivity contribution in [2.45, 2.75) is 18.5 Å². The fourth-order valence-corrected chi connectivity index (χ4v) is 2.20. The van der Waals surface area contributed by atoms with Crippen LogP contribution in [0.1, 0.15) is 23.3 Å². The zero-order valence-electron chi connectivity index (χ0n) is 9.91. The first kappa shape index (κ1) is 13.2. The van der Waals surface area contributed by atoms with Gasteiger partial charge in [-0.15, -0.1) is 0 Å². The SMILES string of the molecule is COc1ccc2c(c1C(O)O)OB(O)CC2CO. The van der Waals surface area contributed by atoms with E-state index in [0.29, 0.717) is 5.56 Å². The van der Waals surface area contributed by atoms with Crippen LogP contribution in [0, 0.1) is 0 Å². The lowest BCUT2D eigenvalue weighted by Crippen LogP contribution is -2.31. The molecular formula is C11H15BO6. The number of rotatable bonds is 3. The van der Waals surface area contributed by atoms with Crippen molar-refractivity contribution >= 4 is 7.12 Å². The molecule has 0 aromatic heterocycles. The Balaban J connectivity index is 2.57. The Morgan fingerprint density at radius 2 is 2.22 bits per heavy atom. The molecule has 1 atom stereocenters. The second-order valence-corrected chi connectivity index (χ2v) is 4.16. The average Bonchev–Trinajstić information content (AvgIpc) is 2.35. The molecule has 0 spiro atoms. The van der Waals surface area contributed by atoms with E-state index < -0.39 is 13.4 Å². The van der Waals surface area contributed by atoms with Gasteiger partial charge < -0.3 is 29.7 Å². The normalized spacial score (nSPS) is 18.6. The molecule has 7 heteroatoms. The standard InChI is InChI=1S/C11H15BO6/c1-17-8-3-2-7-6(5-13)4-12(16)18-10(7)9(8)11(14)15/h2-3,6,11,13-16H,4-5H2,1H3. The summed E-state index contributed by atoms with van der Waals surface area (Å²) in [7, 11) is 0.315. The maximum absolute atomic E-state index is 9.59. The highest BCUT2D eigenvalue weighted by molar-refractivity contribution is 6.44. The van der Waals surface area contributed by atoms with Gasteiger partial charge in [0.25, 0.3) is 0 Å². The molecule has 0 amide bonds. The van der Waals surface area contributed by atoms with Gasteiger partial charge in [0, 0.05) is 18.8 Å². The van der Waals surface area contributed by atoms with Gasteiger partial charge in [0.1, 0.15) is 11.5 Å². The molecule has 0 saturated heterocycles. The van der Waals surface area contributed by atoms with E-state index in [4.69, 9.17) is 9.39 Å². The third-order valence-corrected chi connectivity index (χ3v) is 3.06. The maximum atomic E-state index is 9.59. The molecule has 4 N–H and O–H groups in total. The van der Waals surface area contributed by atoms with Gasteiger partial charge in [-0.1, -0.05) is 6.07 Å². The van der Waals surface area contributed by atoms with Gasteiger partial charge in [-0.2, -0.15) is 0 Å². The minimum atomic E-state index is -1.78. The number of methoxy groups -OCH3 is 1. The van der Waals surface area contributed by atoms with Crippen molar-refractivity contribution in [3.8, 4) is 11.5 Å². The number of benzene rings is 1. The summed E-state index contributed by atoms with van der Waals surface area (Å²) < 4.78 is 10.3. The maximum Gasteiger partial charge on any atom is 0.523 e. The van der Waals surface area contributed by atoms with Crippen LogP contribution in [0.15, 0.2) is 12.1 Å². The summed E-state index contributed by atoms with van der Waals surface area (Å²) in [6.07, 6.45) is -1.52. The van der Waals surface area contributed by atoms with E-state index in [0.717, 1.165) is 0 Å². The topological polar surface area (TPSA) is 99.4 Å². The molecule has 0 bridgehead atoms. The number of hydrogen-bond donors (Lipinski definition) is 4. The van der Waals surface area contributed by atoms with Crippen molar-refractivity contribution in [2.24, 2.45) is 0 Å². The highest BCUT2D eigenvalue weighted by Crippen LogP contribution is 2.43. The summed E-state index contributed by atoms with van der Waals surface area (Å²) >= 11 is 0. The van der Waals surface area contributed by atoms with E-state index >= 15 is 0 Å². The highest BCUT2D eigenvalue weighted by Gasteiger charge is 2.35. The van der Waals surface area contributed by atoms with Gasteiger partial charge in [0.2, 0.25) is 0 Å². The smallest absolute Gasteiger partial charge is 0.523 e. The Labute approximate surface area is 105 Å². The molecule has 1 aliphatic heterocycles. The molecule has 1 aliphatic rings. The molecule has 0 saturated carbocycles. The van der Waals surface area contributed by atoms with Crippen LogP contribution in [0.25, 0.3) is 0 Å². The zero-order chi connectivity index (χ0) is 13.3. The Morgan fingerprint density at radius 1 is 1.50 bits per heavy atom. The summed E-state index contributed by atoms with van der Waals surface area (Å²) in [5.41, 5.74) is 0.693. The van der Waals surface area contributed by atoms with Crippen LogP contribution >= 0.6 is 0 Å². The molecule has 1 unspecified atom stereocenters. The molecule has 1 aromatic carbocycles. The van der Waals surface area contributed by atoms with Crippen molar-refractivity contribution in [1.82, 2.24) is 0 Å². The lowest BCUT2D eigenvalue weighted by Gasteiger charge is -2.29. The quantitative estimate of drug-likeness (QED) is 0.433. The van der Waals surface area contributed by atoms with Gasteiger partial charge >= 0.3 is 7.12 Å². The molecule has 1 heterocycles. The third kappa shape index (κ3) is 2.17. The fourth-order valence-electron chi connectivity index (χ4n) is 2.20. The summed E-state index contributed by atoms with van der Waals surface area (Å²) in [5.74, 6) is 0.129. The lowest BCUT2D eigenvalue weighted by molar-refractivity contribution is -0.0451. The van der Waals surface area contributed by atoms with E-state index in [1.54, 1.807) is 12.1 Å². The van der Waals surface area contributed by atoms with Crippen molar-refractivity contribution in [1.29, 1.82) is 0 Å². The molecule has 18 heavy (non-hydrogen) atoms. The van der Waals surface area contributed by atoms with Crippen molar-refractivity contribution in [2.75, 3.05) is 13.7 Å². The zero-order valence-corrected chi connectivity index (χ0v) is 9.91. The first-order valence-electron chi connectivity index (χ1n) is 5.61. The van der Waals surface area contributed by atoms with Crippen LogP contribution in [0.3, 0.4) is 0 Å². The molecule has 0 fully saturated rings. The van der Waals surface area contributed by atoms with E-state index in [1.807, 2.05) is 0 Å². The van der Waals surface area contributed by atoms with E-state index in [9.17, 15) is 20.3 Å². The Kier molecular flexibility index (Phi) is 3.77. The molecule has 98 valence electrons. The fraction of sp³-hybridized carbons (Fsp3) is 0.455. The Hall–Kier alpha value is -1.28. The summed E-state index contributed by atoms with van der Waals surface area (Å²) in [4.78, 5) is 0. The molecule has 0 radical (unpaired) electrons. The monoisotopic (exact) mass is 254 g/mol. The first-order valence-corrected chi connectivity index (χ1v) is 5.61. The summed E-state index contributed by atoms with van der Waals surface area (Å²) in [6, 6.07) is 3.27. The number of hydrogen-bond acceptors (Lipinski definition) is 6. The molecule has 0 aliphatic carbocycles. The van der Waals surface area contributed by atoms with E-state index in [1.165, 1.54) is 7.11 Å². The van der Waals surface area contributed by atoms with Gasteiger partial charge in [-0.05, 0) is 11.6 Å². The summed E-state index contributed by atoms with van der Waals surface area (Å²) in [6.45, 7) is -0.152. The van der Waals surface area contributed by atoms with Crippen molar-refractivity contribution in [3.05, 3.63) is 23.3 Å². The number of fused-ring (bicyclic) bond motifs is 1. The molecule has 1 aromatic rings. The largest absolute Gasteiger partial charge is 0.535 e. The lowest BCUT2D eigenvalue weighted by atomic mass is 9.72. The predicted octanol–water partition coefficient (Wildman–Crippen LogP) is -0.373. The van der Waals surface area contributed by atoms with Crippen LogP contribution in [0.2, 0.25) is 6.32 Å². The highest BCUT2D eigenvalue weighted by atomic mass is 16.5. The Morgan fingerprint density at radius 3 is 2.78 bits per heavy atom. The minimum Gasteiger partial charge on any atom is -0.535 e. The average molecular weight is 254 g/mol. The minimum absolute atomic E-state index is 0.0622. The predicted molar refractivity (Wildman–Crippen MR) is 63.4 cm³/mol. The second-order valence-electron chi connectivity index (χ2n) is 4.16. The van der Waals surface area contributed by atoms with Crippen LogP contribution < -0.4 is 9.39 Å². The molecular weight excluding hydrogens is 239 g/mol. The summed E-state index contributed by atoms with van der Waals surface area (Å²) in [5, 5.41) is 37.7. The number of ether oxygens (including phenoxy) is 1. The van der Waals surface area contributed by atoms with Gasteiger partial charge in [0.15, 0.2) is 6.29 Å². The van der Waals surface area contributed by atoms with Gasteiger partial charge in [0.05, 0.1) is 12.7 Å². The number of aliphatic hydroxyl groups is 3. The Bertz CT molecular complexity index is 436. The van der Waals surface area contributed by atoms with Gasteiger partial charge in [-0.3, -0.25) is 0 Å². The molecule has 2 rings (SSSR count). The molecule has 6 nitrogen and oxygen atoms in total. The van der Waals surface area contributed by atoms with Crippen molar-refractivity contribution in [3.63, 3.8) is 0 Å². The second kappa shape index (κ2) is 5.15. The van der Waals surface area contributed by atoms with Crippen LogP contribution in [-0.2, 0) is 0 Å². The van der Waals surface area contributed by atoms with Gasteiger partial charge in [-0.25, -0.2) is 0 Å². The van der Waals surface area contributed by atoms with Crippen LogP contribution in [0.5, 0.6) is 11.5 Å². The first-order chi connectivity index (χ1) is 8.58. The van der Waals surface area contributed by atoms with Crippen LogP contribution in [-0.4, -0.2) is 41.2 Å². The third-order valence-electron chi connectivity index (χ3n) is 3.06. The number of aliphatic hydroxyl groups excluding tert-OH is 2. The van der Waals surface area contributed by atoms with E-state index in [2.05, 4.69) is 0 Å². The van der Waals surface area contributed by atoms with E-state index in [-0.39, 0.29) is 35.9 Å². The van der Waals surface area contributed by atoms with Crippen LogP contribution in [0.4, 0.5) is 0 Å². The van der Waals surface area contributed by atoms with Crippen molar-refractivity contribution < 1.29 is 29.7 Å².